The molecule has 0 heterocycles. The summed E-state index contributed by atoms with van der Waals surface area (Å²) in [5, 5.41) is 5.43. The van der Waals surface area contributed by atoms with Gasteiger partial charge in [-0.2, -0.15) is 0 Å². The van der Waals surface area contributed by atoms with Gasteiger partial charge in [0.05, 0.1) is 22.4 Å². The summed E-state index contributed by atoms with van der Waals surface area (Å²) in [6.07, 6.45) is 0. The minimum atomic E-state index is -0.336. The van der Waals surface area contributed by atoms with E-state index >= 15 is 0 Å². The topological polar surface area (TPSA) is 75.3 Å². The number of nitrogens with one attached hydrogen (secondary N) is 2. The average Bonchev–Trinajstić information content (AvgIpc) is 2.58. The Morgan fingerprint density at radius 3 is 2.09 bits per heavy atom. The first-order chi connectivity index (χ1) is 11.0. The minimum Gasteiger partial charge on any atom is -0.387 e. The zero-order valence-corrected chi connectivity index (χ0v) is 14.1. The quantitative estimate of drug-likeness (QED) is 0.724. The summed E-state index contributed by atoms with van der Waals surface area (Å²) in [6, 6.07) is 8.25. The highest BCUT2D eigenvalue weighted by Crippen LogP contribution is 2.38. The van der Waals surface area contributed by atoms with Crippen molar-refractivity contribution in [1.82, 2.24) is 5.32 Å². The summed E-state index contributed by atoms with van der Waals surface area (Å²) in [6.45, 7) is 0. The van der Waals surface area contributed by atoms with E-state index in [9.17, 15) is 14.4 Å². The third-order valence-electron chi connectivity index (χ3n) is 3.87. The van der Waals surface area contributed by atoms with Gasteiger partial charge in [-0.05, 0) is 22.0 Å². The fourth-order valence-electron chi connectivity index (χ4n) is 2.82. The summed E-state index contributed by atoms with van der Waals surface area (Å²) in [4.78, 5) is 37.8. The number of carbonyl (C=O) groups excluding carboxylic acids is 3. The number of ketones is 2. The zero-order chi connectivity index (χ0) is 16.7. The number of rotatable bonds is 2. The van der Waals surface area contributed by atoms with Crippen LogP contribution in [0.5, 0.6) is 0 Å². The molecule has 3 rings (SSSR count). The van der Waals surface area contributed by atoms with Crippen molar-refractivity contribution in [1.29, 1.82) is 0 Å². The molecule has 0 saturated carbocycles. The Bertz CT molecular complexity index is 874. The number of hydrogen-bond donors (Lipinski definition) is 2. The van der Waals surface area contributed by atoms with Gasteiger partial charge in [0.1, 0.15) is 0 Å². The van der Waals surface area contributed by atoms with Crippen LogP contribution < -0.4 is 10.6 Å². The summed E-state index contributed by atoms with van der Waals surface area (Å²) in [5.41, 5.74) is 1.90. The third-order valence-corrected chi connectivity index (χ3v) is 4.50. The van der Waals surface area contributed by atoms with Crippen LogP contribution >= 0.6 is 15.9 Å². The number of benzene rings is 2. The van der Waals surface area contributed by atoms with Gasteiger partial charge in [0.25, 0.3) is 5.91 Å². The monoisotopic (exact) mass is 372 g/mol. The predicted molar refractivity (Wildman–Crippen MR) is 90.4 cm³/mol. The molecule has 116 valence electrons. The van der Waals surface area contributed by atoms with Gasteiger partial charge in [0, 0.05) is 29.7 Å². The van der Waals surface area contributed by atoms with Crippen LogP contribution in [0.4, 0.5) is 5.69 Å². The van der Waals surface area contributed by atoms with E-state index in [1.807, 2.05) is 0 Å². The van der Waals surface area contributed by atoms with Crippen molar-refractivity contribution >= 4 is 39.1 Å². The Kier molecular flexibility index (Phi) is 3.77. The molecule has 0 atom stereocenters. The van der Waals surface area contributed by atoms with Gasteiger partial charge in [-0.3, -0.25) is 14.4 Å². The first-order valence-electron chi connectivity index (χ1n) is 6.96. The van der Waals surface area contributed by atoms with Gasteiger partial charge < -0.3 is 10.6 Å². The van der Waals surface area contributed by atoms with E-state index in [0.717, 1.165) is 0 Å². The van der Waals surface area contributed by atoms with Crippen molar-refractivity contribution in [3.05, 3.63) is 62.6 Å². The Morgan fingerprint density at radius 2 is 1.57 bits per heavy atom. The highest BCUT2D eigenvalue weighted by Gasteiger charge is 2.35. The Morgan fingerprint density at radius 1 is 1.00 bits per heavy atom. The molecular formula is C17H13BrN2O3. The number of amides is 1. The Balaban J connectivity index is 2.38. The van der Waals surface area contributed by atoms with Gasteiger partial charge in [-0.25, -0.2) is 0 Å². The maximum Gasteiger partial charge on any atom is 0.253 e. The second-order valence-corrected chi connectivity index (χ2v) is 5.92. The molecule has 2 aromatic carbocycles. The molecular weight excluding hydrogens is 360 g/mol. The molecule has 0 bridgehead atoms. The van der Waals surface area contributed by atoms with E-state index < -0.39 is 0 Å². The van der Waals surface area contributed by atoms with Gasteiger partial charge >= 0.3 is 0 Å². The van der Waals surface area contributed by atoms with Crippen molar-refractivity contribution in [3.8, 4) is 0 Å². The molecule has 2 N–H and O–H groups in total. The van der Waals surface area contributed by atoms with E-state index in [4.69, 9.17) is 0 Å². The molecule has 2 aromatic rings. The summed E-state index contributed by atoms with van der Waals surface area (Å²) >= 11 is 3.33. The van der Waals surface area contributed by atoms with E-state index in [2.05, 4.69) is 26.6 Å². The Labute approximate surface area is 141 Å². The van der Waals surface area contributed by atoms with Crippen LogP contribution in [0.2, 0.25) is 0 Å². The lowest BCUT2D eigenvalue weighted by atomic mass is 9.82. The predicted octanol–water partition coefficient (Wildman–Crippen LogP) is 2.63. The van der Waals surface area contributed by atoms with E-state index in [-0.39, 0.29) is 28.6 Å². The summed E-state index contributed by atoms with van der Waals surface area (Å²) in [5.74, 6) is -0.843. The van der Waals surface area contributed by atoms with Crippen LogP contribution in [0.3, 0.4) is 0 Å². The molecule has 1 amide bonds. The zero-order valence-electron chi connectivity index (χ0n) is 12.5. The second kappa shape index (κ2) is 5.62. The standard InChI is InChI=1S/C17H13BrN2O3/c1-19-14-10(17(23)20-2)7-11(18)12-13(14)16(22)9-6-4-3-5-8(9)15(12)21/h3-7,19H,1-2H3,(H,20,23). The van der Waals surface area contributed by atoms with Crippen LogP contribution in [-0.2, 0) is 0 Å². The van der Waals surface area contributed by atoms with Gasteiger partial charge in [-0.15, -0.1) is 0 Å². The normalized spacial score (nSPS) is 12.5. The van der Waals surface area contributed by atoms with E-state index in [1.54, 1.807) is 37.4 Å². The lowest BCUT2D eigenvalue weighted by Gasteiger charge is -2.23. The minimum absolute atomic E-state index is 0.226. The fourth-order valence-corrected chi connectivity index (χ4v) is 3.43. The SMILES string of the molecule is CNC(=O)c1cc(Br)c2c(c1NC)C(=O)c1ccccc1C2=O. The molecule has 6 heteroatoms. The van der Waals surface area contributed by atoms with Crippen molar-refractivity contribution in [2.75, 3.05) is 19.4 Å². The highest BCUT2D eigenvalue weighted by atomic mass is 79.9. The molecule has 0 saturated heterocycles. The highest BCUT2D eigenvalue weighted by molar-refractivity contribution is 9.10. The fraction of sp³-hybridized carbons (Fsp3) is 0.118. The van der Waals surface area contributed by atoms with Crippen molar-refractivity contribution in [3.63, 3.8) is 0 Å². The van der Waals surface area contributed by atoms with Crippen LogP contribution in [0.25, 0.3) is 0 Å². The van der Waals surface area contributed by atoms with Gasteiger partial charge in [0.2, 0.25) is 0 Å². The van der Waals surface area contributed by atoms with Gasteiger partial charge in [-0.1, -0.05) is 24.3 Å². The van der Waals surface area contributed by atoms with Crippen LogP contribution in [0, 0.1) is 0 Å². The van der Waals surface area contributed by atoms with Gasteiger partial charge in [0.15, 0.2) is 11.6 Å². The second-order valence-electron chi connectivity index (χ2n) is 5.06. The van der Waals surface area contributed by atoms with E-state index in [1.165, 1.54) is 7.05 Å². The molecule has 1 aliphatic carbocycles. The van der Waals surface area contributed by atoms with Crippen molar-refractivity contribution < 1.29 is 14.4 Å². The molecule has 0 spiro atoms. The molecule has 1 aliphatic rings. The molecule has 23 heavy (non-hydrogen) atoms. The largest absolute Gasteiger partial charge is 0.387 e. The number of carbonyl (C=O) groups is 3. The number of hydrogen-bond acceptors (Lipinski definition) is 4. The van der Waals surface area contributed by atoms with Crippen molar-refractivity contribution in [2.24, 2.45) is 0 Å². The van der Waals surface area contributed by atoms with Crippen LogP contribution in [0.1, 0.15) is 42.2 Å². The maximum atomic E-state index is 12.9. The first-order valence-corrected chi connectivity index (χ1v) is 7.75. The van der Waals surface area contributed by atoms with E-state index in [0.29, 0.717) is 26.9 Å². The lowest BCUT2D eigenvalue weighted by molar-refractivity contribution is 0.0960. The van der Waals surface area contributed by atoms with Crippen LogP contribution in [0.15, 0.2) is 34.8 Å². The molecule has 0 fully saturated rings. The summed E-state index contributed by atoms with van der Waals surface area (Å²) in [7, 11) is 3.13. The maximum absolute atomic E-state index is 12.9. The Hall–Kier alpha value is -2.47. The number of fused-ring (bicyclic) bond motifs is 2. The lowest BCUT2D eigenvalue weighted by Crippen LogP contribution is -2.26. The average molecular weight is 373 g/mol. The molecule has 0 unspecified atom stereocenters. The molecule has 0 aliphatic heterocycles. The number of anilines is 1. The third kappa shape index (κ3) is 2.17. The summed E-state index contributed by atoms with van der Waals surface area (Å²) < 4.78 is 0.429. The smallest absolute Gasteiger partial charge is 0.253 e. The molecule has 5 nitrogen and oxygen atoms in total. The molecule has 0 radical (unpaired) electrons. The first kappa shape index (κ1) is 15.4. The molecule has 0 aromatic heterocycles. The number of halogens is 1. The van der Waals surface area contributed by atoms with Crippen molar-refractivity contribution in [2.45, 2.75) is 0 Å². The van der Waals surface area contributed by atoms with Crippen LogP contribution in [-0.4, -0.2) is 31.6 Å².